The van der Waals surface area contributed by atoms with Crippen LogP contribution in [0.4, 0.5) is 0 Å². The van der Waals surface area contributed by atoms with E-state index in [0.717, 1.165) is 4.47 Å². The van der Waals surface area contributed by atoms with Gasteiger partial charge in [0.15, 0.2) is 0 Å². The van der Waals surface area contributed by atoms with Crippen molar-refractivity contribution in [1.82, 2.24) is 4.72 Å². The fourth-order valence-electron chi connectivity index (χ4n) is 1.79. The topological polar surface area (TPSA) is 55.4 Å². The Kier molecular flexibility index (Phi) is 3.87. The molecule has 4 nitrogen and oxygen atoms in total. The van der Waals surface area contributed by atoms with E-state index < -0.39 is 10.0 Å². The van der Waals surface area contributed by atoms with Crippen LogP contribution in [-0.4, -0.2) is 27.2 Å². The molecular weight excluding hydrogens is 306 g/mol. The summed E-state index contributed by atoms with van der Waals surface area (Å²) in [6.07, 6.45) is 0.644. The minimum absolute atomic E-state index is 0.0723. The number of nitrogens with one attached hydrogen (secondary N) is 1. The van der Waals surface area contributed by atoms with E-state index in [1.165, 1.54) is 0 Å². The molecule has 1 fully saturated rings. The number of rotatable bonds is 3. The normalized spacial score (nSPS) is 25.1. The van der Waals surface area contributed by atoms with E-state index in [0.29, 0.717) is 13.0 Å². The molecule has 94 valence electrons. The molecule has 6 heteroatoms. The lowest BCUT2D eigenvalue weighted by Gasteiger charge is -2.16. The Hall–Kier alpha value is -0.430. The lowest BCUT2D eigenvalue weighted by molar-refractivity contribution is 0.117. The van der Waals surface area contributed by atoms with Crippen LogP contribution in [0.15, 0.2) is 33.6 Å². The van der Waals surface area contributed by atoms with Crippen LogP contribution in [0, 0.1) is 0 Å². The highest BCUT2D eigenvalue weighted by molar-refractivity contribution is 9.10. The Morgan fingerprint density at radius 2 is 2.24 bits per heavy atom. The molecule has 1 aromatic rings. The molecule has 0 saturated carbocycles. The molecular formula is C11H14BrNO3S. The maximum Gasteiger partial charge on any atom is 0.240 e. The third kappa shape index (κ3) is 3.07. The number of benzene rings is 1. The van der Waals surface area contributed by atoms with Crippen LogP contribution < -0.4 is 4.72 Å². The van der Waals surface area contributed by atoms with Gasteiger partial charge in [0, 0.05) is 11.1 Å². The molecule has 1 aliphatic heterocycles. The maximum absolute atomic E-state index is 12.1. The zero-order chi connectivity index (χ0) is 12.5. The monoisotopic (exact) mass is 319 g/mol. The lowest BCUT2D eigenvalue weighted by Crippen LogP contribution is -2.39. The number of halogens is 1. The first-order chi connectivity index (χ1) is 7.99. The molecule has 1 saturated heterocycles. The van der Waals surface area contributed by atoms with E-state index >= 15 is 0 Å². The average molecular weight is 320 g/mol. The number of ether oxygens (including phenoxy) is 1. The minimum Gasteiger partial charge on any atom is -0.377 e. The van der Waals surface area contributed by atoms with Crippen molar-refractivity contribution in [1.29, 1.82) is 0 Å². The Balaban J connectivity index is 2.19. The molecule has 0 aliphatic carbocycles. The van der Waals surface area contributed by atoms with E-state index in [2.05, 4.69) is 20.7 Å². The zero-order valence-corrected chi connectivity index (χ0v) is 11.8. The van der Waals surface area contributed by atoms with Gasteiger partial charge in [0.25, 0.3) is 0 Å². The molecule has 0 aromatic heterocycles. The first kappa shape index (κ1) is 13.0. The molecule has 1 aromatic carbocycles. The molecule has 2 unspecified atom stereocenters. The summed E-state index contributed by atoms with van der Waals surface area (Å²) >= 11 is 3.26. The molecule has 0 bridgehead atoms. The van der Waals surface area contributed by atoms with Gasteiger partial charge in [-0.25, -0.2) is 13.1 Å². The lowest BCUT2D eigenvalue weighted by atomic mass is 10.2. The standard InChI is InChI=1S/C11H14BrNO3S/c1-8-11(5-6-16-8)13-17(14,15)10-4-2-3-9(12)7-10/h2-4,7-8,11,13H,5-6H2,1H3. The SMILES string of the molecule is CC1OCCC1NS(=O)(=O)c1cccc(Br)c1. The number of hydrogen-bond acceptors (Lipinski definition) is 3. The second-order valence-corrected chi connectivity index (χ2v) is 6.68. The quantitative estimate of drug-likeness (QED) is 0.925. The smallest absolute Gasteiger partial charge is 0.240 e. The third-order valence-corrected chi connectivity index (χ3v) is 4.77. The number of sulfonamides is 1. The molecule has 17 heavy (non-hydrogen) atoms. The van der Waals surface area contributed by atoms with Crippen molar-refractivity contribution in [3.63, 3.8) is 0 Å². The van der Waals surface area contributed by atoms with Gasteiger partial charge in [-0.15, -0.1) is 0 Å². The van der Waals surface area contributed by atoms with Gasteiger partial charge in [0.1, 0.15) is 0 Å². The first-order valence-corrected chi connectivity index (χ1v) is 7.66. The molecule has 1 aliphatic rings. The van der Waals surface area contributed by atoms with Gasteiger partial charge < -0.3 is 4.74 Å². The van der Waals surface area contributed by atoms with Gasteiger partial charge in [-0.1, -0.05) is 22.0 Å². The van der Waals surface area contributed by atoms with Gasteiger partial charge in [0.05, 0.1) is 17.0 Å². The second-order valence-electron chi connectivity index (χ2n) is 4.05. The molecule has 1 heterocycles. The molecule has 0 amide bonds. The number of hydrogen-bond donors (Lipinski definition) is 1. The van der Waals surface area contributed by atoms with Gasteiger partial charge in [-0.2, -0.15) is 0 Å². The van der Waals surface area contributed by atoms with E-state index in [4.69, 9.17) is 4.74 Å². The van der Waals surface area contributed by atoms with Crippen molar-refractivity contribution < 1.29 is 13.2 Å². The van der Waals surface area contributed by atoms with Crippen LogP contribution in [-0.2, 0) is 14.8 Å². The predicted molar refractivity (Wildman–Crippen MR) is 68.3 cm³/mol. The Morgan fingerprint density at radius 3 is 2.82 bits per heavy atom. The summed E-state index contributed by atoms with van der Waals surface area (Å²) in [5, 5.41) is 0. The molecule has 2 rings (SSSR count). The maximum atomic E-state index is 12.1. The van der Waals surface area contributed by atoms with Crippen molar-refractivity contribution in [2.24, 2.45) is 0 Å². The molecule has 0 spiro atoms. The fourth-order valence-corrected chi connectivity index (χ4v) is 3.72. The van der Waals surface area contributed by atoms with Crippen molar-refractivity contribution in [3.05, 3.63) is 28.7 Å². The molecule has 1 N–H and O–H groups in total. The summed E-state index contributed by atoms with van der Waals surface area (Å²) in [4.78, 5) is 0.269. The van der Waals surface area contributed by atoms with Gasteiger partial charge in [-0.05, 0) is 31.5 Å². The van der Waals surface area contributed by atoms with Crippen LogP contribution >= 0.6 is 15.9 Å². The molecule has 0 radical (unpaired) electrons. The van der Waals surface area contributed by atoms with Crippen LogP contribution in [0.3, 0.4) is 0 Å². The third-order valence-electron chi connectivity index (χ3n) is 2.79. The Morgan fingerprint density at radius 1 is 1.47 bits per heavy atom. The first-order valence-electron chi connectivity index (χ1n) is 5.38. The highest BCUT2D eigenvalue weighted by Gasteiger charge is 2.29. The summed E-state index contributed by atoms with van der Waals surface area (Å²) in [5.41, 5.74) is 0. The van der Waals surface area contributed by atoms with E-state index in [1.54, 1.807) is 24.3 Å². The Labute approximate surface area is 110 Å². The van der Waals surface area contributed by atoms with Crippen LogP contribution in [0.5, 0.6) is 0 Å². The highest BCUT2D eigenvalue weighted by atomic mass is 79.9. The van der Waals surface area contributed by atoms with Gasteiger partial charge in [0.2, 0.25) is 10.0 Å². The summed E-state index contributed by atoms with van der Waals surface area (Å²) in [6, 6.07) is 6.52. The highest BCUT2D eigenvalue weighted by Crippen LogP contribution is 2.19. The summed E-state index contributed by atoms with van der Waals surface area (Å²) < 4.78 is 33.0. The second kappa shape index (κ2) is 5.06. The summed E-state index contributed by atoms with van der Waals surface area (Å²) in [7, 11) is -3.46. The summed E-state index contributed by atoms with van der Waals surface area (Å²) in [6.45, 7) is 2.48. The summed E-state index contributed by atoms with van der Waals surface area (Å²) in [5.74, 6) is 0. The van der Waals surface area contributed by atoms with E-state index in [1.807, 2.05) is 6.92 Å². The zero-order valence-electron chi connectivity index (χ0n) is 9.39. The van der Waals surface area contributed by atoms with Crippen molar-refractivity contribution in [3.8, 4) is 0 Å². The van der Waals surface area contributed by atoms with Crippen LogP contribution in [0.1, 0.15) is 13.3 Å². The van der Waals surface area contributed by atoms with Crippen LogP contribution in [0.2, 0.25) is 0 Å². The largest absolute Gasteiger partial charge is 0.377 e. The predicted octanol–water partition coefficient (Wildman–Crippen LogP) is 1.90. The fraction of sp³-hybridized carbons (Fsp3) is 0.455. The van der Waals surface area contributed by atoms with Crippen LogP contribution in [0.25, 0.3) is 0 Å². The van der Waals surface area contributed by atoms with Gasteiger partial charge in [-0.3, -0.25) is 0 Å². The minimum atomic E-state index is -3.46. The van der Waals surface area contributed by atoms with E-state index in [-0.39, 0.29) is 17.0 Å². The van der Waals surface area contributed by atoms with Crippen molar-refractivity contribution in [2.75, 3.05) is 6.61 Å². The van der Waals surface area contributed by atoms with Crippen molar-refractivity contribution in [2.45, 2.75) is 30.4 Å². The van der Waals surface area contributed by atoms with Crippen molar-refractivity contribution >= 4 is 26.0 Å². The van der Waals surface area contributed by atoms with E-state index in [9.17, 15) is 8.42 Å². The van der Waals surface area contributed by atoms with Gasteiger partial charge >= 0.3 is 0 Å². The average Bonchev–Trinajstić information content (AvgIpc) is 2.64. The Bertz CT molecular complexity index is 503. The molecule has 2 atom stereocenters.